The molecule has 0 aromatic heterocycles. The summed E-state index contributed by atoms with van der Waals surface area (Å²) in [5.41, 5.74) is 6.33. The number of rotatable bonds is 5. The van der Waals surface area contributed by atoms with E-state index in [1.165, 1.54) is 0 Å². The lowest BCUT2D eigenvalue weighted by molar-refractivity contribution is 0.127. The number of nitrogens with zero attached hydrogens (tertiary/aromatic N) is 1. The number of nitrogens with two attached hydrogens (primary N) is 1. The predicted octanol–water partition coefficient (Wildman–Crippen LogP) is 1.45. The summed E-state index contributed by atoms with van der Waals surface area (Å²) in [6, 6.07) is 6.90. The SMILES string of the molecule is NCCCC1CN(Cc2cccc(O)c2)C(=O)O1. The molecule has 3 N–H and O–H groups in total. The Labute approximate surface area is 106 Å². The molecule has 1 aromatic rings. The van der Waals surface area contributed by atoms with Crippen LogP contribution in [-0.2, 0) is 11.3 Å². The summed E-state index contributed by atoms with van der Waals surface area (Å²) in [5.74, 6) is 0.208. The molecule has 1 heterocycles. The van der Waals surface area contributed by atoms with E-state index < -0.39 is 0 Å². The van der Waals surface area contributed by atoms with Crippen molar-refractivity contribution in [2.24, 2.45) is 5.73 Å². The van der Waals surface area contributed by atoms with Crippen LogP contribution in [0.25, 0.3) is 0 Å². The lowest BCUT2D eigenvalue weighted by atomic mass is 10.1. The molecule has 2 rings (SSSR count). The zero-order valence-corrected chi connectivity index (χ0v) is 10.2. The summed E-state index contributed by atoms with van der Waals surface area (Å²) >= 11 is 0. The Hall–Kier alpha value is -1.75. The topological polar surface area (TPSA) is 75.8 Å². The molecular weight excluding hydrogens is 232 g/mol. The van der Waals surface area contributed by atoms with Gasteiger partial charge >= 0.3 is 6.09 Å². The van der Waals surface area contributed by atoms with Gasteiger partial charge in [0.05, 0.1) is 6.54 Å². The van der Waals surface area contributed by atoms with Crippen molar-refractivity contribution in [3.05, 3.63) is 29.8 Å². The molecule has 5 heteroatoms. The monoisotopic (exact) mass is 250 g/mol. The minimum absolute atomic E-state index is 0.0571. The molecule has 1 aromatic carbocycles. The molecule has 1 aliphatic rings. The molecule has 0 spiro atoms. The van der Waals surface area contributed by atoms with Gasteiger partial charge in [0, 0.05) is 6.54 Å². The fourth-order valence-electron chi connectivity index (χ4n) is 2.07. The zero-order valence-electron chi connectivity index (χ0n) is 10.2. The maximum Gasteiger partial charge on any atom is 0.410 e. The molecular formula is C13H18N2O3. The quantitative estimate of drug-likeness (QED) is 0.829. The Morgan fingerprint density at radius 2 is 2.33 bits per heavy atom. The normalized spacial score (nSPS) is 19.1. The average molecular weight is 250 g/mol. The van der Waals surface area contributed by atoms with Gasteiger partial charge in [0.15, 0.2) is 0 Å². The van der Waals surface area contributed by atoms with E-state index in [0.717, 1.165) is 18.4 Å². The van der Waals surface area contributed by atoms with Crippen LogP contribution in [0.4, 0.5) is 4.79 Å². The number of phenolic OH excluding ortho intramolecular Hbond substituents is 1. The molecule has 1 saturated heterocycles. The van der Waals surface area contributed by atoms with Gasteiger partial charge < -0.3 is 20.5 Å². The lowest BCUT2D eigenvalue weighted by Crippen LogP contribution is -2.24. The van der Waals surface area contributed by atoms with Crippen molar-refractivity contribution < 1.29 is 14.6 Å². The van der Waals surface area contributed by atoms with Crippen LogP contribution in [0.5, 0.6) is 5.75 Å². The van der Waals surface area contributed by atoms with Gasteiger partial charge in [-0.1, -0.05) is 12.1 Å². The van der Waals surface area contributed by atoms with Crippen molar-refractivity contribution in [3.63, 3.8) is 0 Å². The van der Waals surface area contributed by atoms with Crippen molar-refractivity contribution in [2.45, 2.75) is 25.5 Å². The van der Waals surface area contributed by atoms with Gasteiger partial charge in [0.1, 0.15) is 11.9 Å². The van der Waals surface area contributed by atoms with E-state index in [-0.39, 0.29) is 17.9 Å². The van der Waals surface area contributed by atoms with E-state index in [4.69, 9.17) is 10.5 Å². The molecule has 0 radical (unpaired) electrons. The largest absolute Gasteiger partial charge is 0.508 e. The summed E-state index contributed by atoms with van der Waals surface area (Å²) in [5, 5.41) is 9.37. The number of cyclic esters (lactones) is 1. The van der Waals surface area contributed by atoms with Crippen LogP contribution in [0, 0.1) is 0 Å². The highest BCUT2D eigenvalue weighted by Gasteiger charge is 2.30. The van der Waals surface area contributed by atoms with E-state index in [1.807, 2.05) is 6.07 Å². The minimum Gasteiger partial charge on any atom is -0.508 e. The second-order valence-electron chi connectivity index (χ2n) is 4.49. The molecule has 1 aliphatic heterocycles. The van der Waals surface area contributed by atoms with Crippen LogP contribution in [0.2, 0.25) is 0 Å². The third-order valence-corrected chi connectivity index (χ3v) is 2.96. The minimum atomic E-state index is -0.291. The van der Waals surface area contributed by atoms with E-state index in [9.17, 15) is 9.90 Å². The molecule has 0 bridgehead atoms. The number of benzene rings is 1. The summed E-state index contributed by atoms with van der Waals surface area (Å²) in [6.07, 6.45) is 1.31. The molecule has 1 atom stereocenters. The molecule has 5 nitrogen and oxygen atoms in total. The Balaban J connectivity index is 1.92. The van der Waals surface area contributed by atoms with Crippen LogP contribution in [-0.4, -0.2) is 35.3 Å². The van der Waals surface area contributed by atoms with Gasteiger partial charge in [0.2, 0.25) is 0 Å². The zero-order chi connectivity index (χ0) is 13.0. The van der Waals surface area contributed by atoms with Gasteiger partial charge in [-0.3, -0.25) is 0 Å². The Kier molecular flexibility index (Phi) is 4.04. The first kappa shape index (κ1) is 12.7. The number of ether oxygens (including phenoxy) is 1. The molecule has 0 aliphatic carbocycles. The second kappa shape index (κ2) is 5.73. The van der Waals surface area contributed by atoms with E-state index >= 15 is 0 Å². The number of amides is 1. The summed E-state index contributed by atoms with van der Waals surface area (Å²) in [6.45, 7) is 1.67. The van der Waals surface area contributed by atoms with Crippen LogP contribution < -0.4 is 5.73 Å². The highest BCUT2D eigenvalue weighted by Crippen LogP contribution is 2.19. The first-order chi connectivity index (χ1) is 8.69. The first-order valence-electron chi connectivity index (χ1n) is 6.12. The first-order valence-corrected chi connectivity index (χ1v) is 6.12. The Morgan fingerprint density at radius 1 is 1.50 bits per heavy atom. The maximum absolute atomic E-state index is 11.6. The summed E-state index contributed by atoms with van der Waals surface area (Å²) < 4.78 is 5.25. The maximum atomic E-state index is 11.6. The highest BCUT2D eigenvalue weighted by molar-refractivity contribution is 5.69. The standard InChI is InChI=1S/C13H18N2O3/c14-6-2-5-12-9-15(13(17)18-12)8-10-3-1-4-11(16)7-10/h1,3-4,7,12,16H,2,5-6,8-9,14H2. The molecule has 1 fully saturated rings. The van der Waals surface area contributed by atoms with Crippen LogP contribution in [0.1, 0.15) is 18.4 Å². The van der Waals surface area contributed by atoms with Gasteiger partial charge in [-0.15, -0.1) is 0 Å². The van der Waals surface area contributed by atoms with Crippen molar-refractivity contribution >= 4 is 6.09 Å². The van der Waals surface area contributed by atoms with Crippen LogP contribution in [0.3, 0.4) is 0 Å². The summed E-state index contributed by atoms with van der Waals surface area (Å²) in [4.78, 5) is 13.3. The molecule has 98 valence electrons. The van der Waals surface area contributed by atoms with E-state index in [2.05, 4.69) is 0 Å². The van der Waals surface area contributed by atoms with Gasteiger partial charge in [0.25, 0.3) is 0 Å². The number of carbonyl (C=O) groups is 1. The summed E-state index contributed by atoms with van der Waals surface area (Å²) in [7, 11) is 0. The highest BCUT2D eigenvalue weighted by atomic mass is 16.6. The van der Waals surface area contributed by atoms with Crippen LogP contribution >= 0.6 is 0 Å². The fraction of sp³-hybridized carbons (Fsp3) is 0.462. The van der Waals surface area contributed by atoms with Crippen LogP contribution in [0.15, 0.2) is 24.3 Å². The molecule has 1 unspecified atom stereocenters. The van der Waals surface area contributed by atoms with Crippen molar-refractivity contribution in [1.82, 2.24) is 4.90 Å². The third kappa shape index (κ3) is 3.13. The average Bonchev–Trinajstić information content (AvgIpc) is 2.68. The molecule has 0 saturated carbocycles. The van der Waals surface area contributed by atoms with Gasteiger partial charge in [-0.05, 0) is 37.1 Å². The van der Waals surface area contributed by atoms with E-state index in [0.29, 0.717) is 19.6 Å². The Morgan fingerprint density at radius 3 is 3.06 bits per heavy atom. The number of aromatic hydroxyl groups is 1. The smallest absolute Gasteiger partial charge is 0.410 e. The Bertz CT molecular complexity index is 422. The number of carbonyl (C=O) groups excluding carboxylic acids is 1. The second-order valence-corrected chi connectivity index (χ2v) is 4.49. The number of hydrogen-bond donors (Lipinski definition) is 2. The fourth-order valence-corrected chi connectivity index (χ4v) is 2.07. The predicted molar refractivity (Wildman–Crippen MR) is 67.1 cm³/mol. The van der Waals surface area contributed by atoms with Gasteiger partial charge in [-0.2, -0.15) is 0 Å². The van der Waals surface area contributed by atoms with Crippen molar-refractivity contribution in [3.8, 4) is 5.75 Å². The molecule has 18 heavy (non-hydrogen) atoms. The molecule has 1 amide bonds. The third-order valence-electron chi connectivity index (χ3n) is 2.96. The van der Waals surface area contributed by atoms with E-state index in [1.54, 1.807) is 23.1 Å². The number of phenols is 1. The lowest BCUT2D eigenvalue weighted by Gasteiger charge is -2.12. The van der Waals surface area contributed by atoms with Crippen molar-refractivity contribution in [1.29, 1.82) is 0 Å². The van der Waals surface area contributed by atoms with Crippen molar-refractivity contribution in [2.75, 3.05) is 13.1 Å². The van der Waals surface area contributed by atoms with Gasteiger partial charge in [-0.25, -0.2) is 4.79 Å². The number of hydrogen-bond acceptors (Lipinski definition) is 4.